The molecule has 0 saturated heterocycles. The lowest BCUT2D eigenvalue weighted by Crippen LogP contribution is -2.02. The Labute approximate surface area is 247 Å². The lowest BCUT2D eigenvalue weighted by atomic mass is 9.90. The fourth-order valence-corrected chi connectivity index (χ4v) is 6.34. The summed E-state index contributed by atoms with van der Waals surface area (Å²) >= 11 is 0. The second-order valence-corrected chi connectivity index (χ2v) is 12.8. The van der Waals surface area contributed by atoms with Gasteiger partial charge in [-0.05, 0) is 55.2 Å². The van der Waals surface area contributed by atoms with Gasteiger partial charge in [0, 0.05) is 0 Å². The summed E-state index contributed by atoms with van der Waals surface area (Å²) in [5.41, 5.74) is 5.16. The van der Waals surface area contributed by atoms with Crippen molar-refractivity contribution in [2.45, 2.75) is 213 Å². The van der Waals surface area contributed by atoms with Crippen molar-refractivity contribution in [3.63, 3.8) is 0 Å². The summed E-state index contributed by atoms with van der Waals surface area (Å²) in [6.07, 6.45) is 42.5. The Morgan fingerprint density at radius 2 is 0.564 bits per heavy atom. The topological polar surface area (TPSA) is 0 Å². The van der Waals surface area contributed by atoms with E-state index < -0.39 is 0 Å². The number of benzene rings is 1. The van der Waals surface area contributed by atoms with Gasteiger partial charge in [-0.2, -0.15) is 0 Å². The maximum Gasteiger partial charge on any atom is -0.0273 e. The normalized spacial score (nSPS) is 11.5. The number of hydrogen-bond acceptors (Lipinski definition) is 0. The number of hydrogen-bond donors (Lipinski definition) is 0. The third-order valence-electron chi connectivity index (χ3n) is 9.00. The molecule has 0 bridgehead atoms. The molecule has 0 spiro atoms. The first kappa shape index (κ1) is 36.2. The van der Waals surface area contributed by atoms with Crippen molar-refractivity contribution in [3.8, 4) is 0 Å². The molecule has 1 rings (SSSR count). The summed E-state index contributed by atoms with van der Waals surface area (Å²) in [5, 5.41) is 0. The number of unbranched alkanes of at least 4 members (excludes halogenated alkanes) is 24. The molecule has 0 saturated carbocycles. The molecule has 0 aliphatic carbocycles. The van der Waals surface area contributed by atoms with Gasteiger partial charge in [0.05, 0.1) is 0 Å². The van der Waals surface area contributed by atoms with Gasteiger partial charge in [0.25, 0.3) is 0 Å². The van der Waals surface area contributed by atoms with Crippen LogP contribution in [0.5, 0.6) is 0 Å². The minimum Gasteiger partial charge on any atom is -0.0654 e. The van der Waals surface area contributed by atoms with Gasteiger partial charge < -0.3 is 0 Å². The van der Waals surface area contributed by atoms with Gasteiger partial charge in [0.15, 0.2) is 0 Å². The van der Waals surface area contributed by atoms with Crippen molar-refractivity contribution in [3.05, 3.63) is 34.9 Å². The molecule has 1 aromatic rings. The van der Waals surface area contributed by atoms with Crippen LogP contribution in [0.2, 0.25) is 0 Å². The van der Waals surface area contributed by atoms with Crippen molar-refractivity contribution < 1.29 is 0 Å². The first-order valence-corrected chi connectivity index (χ1v) is 18.4. The van der Waals surface area contributed by atoms with E-state index in [9.17, 15) is 0 Å². The second-order valence-electron chi connectivity index (χ2n) is 12.8. The fraction of sp³-hybridized carbons (Fsp3) is 0.846. The van der Waals surface area contributed by atoms with Gasteiger partial charge in [-0.25, -0.2) is 0 Å². The van der Waals surface area contributed by atoms with E-state index in [1.807, 2.05) is 0 Å². The zero-order chi connectivity index (χ0) is 28.1. The molecule has 39 heavy (non-hydrogen) atoms. The molecule has 0 radical (unpaired) electrons. The van der Waals surface area contributed by atoms with Crippen LogP contribution in [0.15, 0.2) is 18.2 Å². The standard InChI is InChI=1S/C39H72/c1-4-7-10-13-16-19-22-25-28-32-37-34-31-35-38(33-29-26-23-20-17-14-11-8-5-2)39(37)36-30-27-24-21-18-15-12-9-6-3/h31,34-35H,4-30,32-33,36H2,1-3H3. The lowest BCUT2D eigenvalue weighted by Gasteiger charge is -2.16. The maximum absolute atomic E-state index is 2.48. The van der Waals surface area contributed by atoms with Crippen LogP contribution < -0.4 is 0 Å². The van der Waals surface area contributed by atoms with Crippen LogP contribution in [-0.4, -0.2) is 0 Å². The van der Waals surface area contributed by atoms with Gasteiger partial charge in [-0.1, -0.05) is 193 Å². The molecule has 0 unspecified atom stereocenters. The van der Waals surface area contributed by atoms with E-state index in [0.717, 1.165) is 0 Å². The number of aryl methyl sites for hydroxylation is 2. The summed E-state index contributed by atoms with van der Waals surface area (Å²) in [7, 11) is 0. The predicted octanol–water partition coefficient (Wildman–Crippen LogP) is 13.9. The summed E-state index contributed by atoms with van der Waals surface area (Å²) in [6.45, 7) is 6.95. The highest BCUT2D eigenvalue weighted by molar-refractivity contribution is 5.36. The molecule has 0 N–H and O–H groups in total. The molecular formula is C39H72. The molecule has 228 valence electrons. The smallest absolute Gasteiger partial charge is 0.0273 e. The van der Waals surface area contributed by atoms with E-state index in [-0.39, 0.29) is 0 Å². The zero-order valence-electron chi connectivity index (χ0n) is 27.4. The molecule has 0 aliphatic heterocycles. The quantitative estimate of drug-likeness (QED) is 0.0851. The Morgan fingerprint density at radius 1 is 0.308 bits per heavy atom. The molecule has 0 amide bonds. The largest absolute Gasteiger partial charge is 0.0654 e. The van der Waals surface area contributed by atoms with Crippen LogP contribution in [0.4, 0.5) is 0 Å². The summed E-state index contributed by atoms with van der Waals surface area (Å²) in [4.78, 5) is 0. The summed E-state index contributed by atoms with van der Waals surface area (Å²) in [6, 6.07) is 7.34. The average molecular weight is 541 g/mol. The van der Waals surface area contributed by atoms with Crippen LogP contribution in [0, 0.1) is 0 Å². The predicted molar refractivity (Wildman–Crippen MR) is 179 cm³/mol. The van der Waals surface area contributed by atoms with Crippen molar-refractivity contribution >= 4 is 0 Å². The zero-order valence-corrected chi connectivity index (χ0v) is 27.4. The summed E-state index contributed by atoms with van der Waals surface area (Å²) in [5.74, 6) is 0. The van der Waals surface area contributed by atoms with Gasteiger partial charge in [0.1, 0.15) is 0 Å². The SMILES string of the molecule is CCCCCCCCCCCc1cccc(CCCCCCCCCCC)c1CCCCCCCCCCC. The van der Waals surface area contributed by atoms with Crippen molar-refractivity contribution in [2.24, 2.45) is 0 Å². The Morgan fingerprint density at radius 3 is 0.872 bits per heavy atom. The van der Waals surface area contributed by atoms with E-state index in [4.69, 9.17) is 0 Å². The monoisotopic (exact) mass is 541 g/mol. The van der Waals surface area contributed by atoms with E-state index in [0.29, 0.717) is 0 Å². The van der Waals surface area contributed by atoms with Crippen LogP contribution in [0.25, 0.3) is 0 Å². The minimum atomic E-state index is 1.31. The molecule has 0 aromatic heterocycles. The van der Waals surface area contributed by atoms with Gasteiger partial charge in [-0.3, -0.25) is 0 Å². The highest BCUT2D eigenvalue weighted by Gasteiger charge is 2.09. The van der Waals surface area contributed by atoms with E-state index >= 15 is 0 Å². The molecule has 0 atom stereocenters. The molecule has 0 fully saturated rings. The van der Waals surface area contributed by atoms with E-state index in [1.54, 1.807) is 16.7 Å². The first-order valence-electron chi connectivity index (χ1n) is 18.4. The molecule has 1 aromatic carbocycles. The average Bonchev–Trinajstić information content (AvgIpc) is 2.95. The molecular weight excluding hydrogens is 468 g/mol. The minimum absolute atomic E-state index is 1.31. The molecule has 0 heterocycles. The lowest BCUT2D eigenvalue weighted by molar-refractivity contribution is 0.558. The highest BCUT2D eigenvalue weighted by atomic mass is 14.1. The molecule has 0 aliphatic rings. The fourth-order valence-electron chi connectivity index (χ4n) is 6.34. The van der Waals surface area contributed by atoms with Crippen LogP contribution in [0.1, 0.15) is 211 Å². The van der Waals surface area contributed by atoms with Crippen molar-refractivity contribution in [2.75, 3.05) is 0 Å². The van der Waals surface area contributed by atoms with Gasteiger partial charge >= 0.3 is 0 Å². The van der Waals surface area contributed by atoms with Crippen LogP contribution in [0.3, 0.4) is 0 Å². The molecule has 0 nitrogen and oxygen atoms in total. The Balaban J connectivity index is 2.44. The van der Waals surface area contributed by atoms with E-state index in [1.165, 1.54) is 193 Å². The number of rotatable bonds is 30. The van der Waals surface area contributed by atoms with Gasteiger partial charge in [0.2, 0.25) is 0 Å². The van der Waals surface area contributed by atoms with E-state index in [2.05, 4.69) is 39.0 Å². The van der Waals surface area contributed by atoms with Gasteiger partial charge in [-0.15, -0.1) is 0 Å². The Bertz CT molecular complexity index is 574. The Kier molecular flexibility index (Phi) is 26.7. The van der Waals surface area contributed by atoms with Crippen LogP contribution in [-0.2, 0) is 19.3 Å². The van der Waals surface area contributed by atoms with Crippen molar-refractivity contribution in [1.29, 1.82) is 0 Å². The van der Waals surface area contributed by atoms with Crippen molar-refractivity contribution in [1.82, 2.24) is 0 Å². The Hall–Kier alpha value is -0.780. The maximum atomic E-state index is 2.48. The highest BCUT2D eigenvalue weighted by Crippen LogP contribution is 2.24. The van der Waals surface area contributed by atoms with Crippen LogP contribution >= 0.6 is 0 Å². The third kappa shape index (κ3) is 21.6. The summed E-state index contributed by atoms with van der Waals surface area (Å²) < 4.78 is 0. The first-order chi connectivity index (χ1) is 19.3. The second kappa shape index (κ2) is 28.7. The molecule has 0 heteroatoms. The third-order valence-corrected chi connectivity index (χ3v) is 9.00.